The summed E-state index contributed by atoms with van der Waals surface area (Å²) in [5.41, 5.74) is 1.36. The van der Waals surface area contributed by atoms with E-state index in [2.05, 4.69) is 31.6 Å². The van der Waals surface area contributed by atoms with E-state index in [1.165, 1.54) is 25.3 Å². The number of hydrogen-bond donors (Lipinski definition) is 3. The normalized spacial score (nSPS) is 15.7. The Bertz CT molecular complexity index is 758. The highest BCUT2D eigenvalue weighted by molar-refractivity contribution is 9.10. The minimum atomic E-state index is -0.265. The molecule has 0 amide bonds. The molecule has 0 bridgehead atoms. The lowest BCUT2D eigenvalue weighted by Gasteiger charge is -2.25. The van der Waals surface area contributed by atoms with Crippen LogP contribution in [0, 0.1) is 5.82 Å². The van der Waals surface area contributed by atoms with E-state index < -0.39 is 0 Å². The van der Waals surface area contributed by atoms with Crippen molar-refractivity contribution in [3.8, 4) is 5.75 Å². The molecular formula is C20H23BrFN3O. The summed E-state index contributed by atoms with van der Waals surface area (Å²) in [5, 5.41) is 16.2. The van der Waals surface area contributed by atoms with Crippen LogP contribution in [0.4, 0.5) is 10.1 Å². The minimum Gasteiger partial charge on any atom is -0.508 e. The summed E-state index contributed by atoms with van der Waals surface area (Å²) < 4.78 is 14.8. The molecule has 26 heavy (non-hydrogen) atoms. The molecule has 4 nitrogen and oxygen atoms in total. The number of benzene rings is 2. The van der Waals surface area contributed by atoms with Crippen LogP contribution in [0.1, 0.15) is 37.7 Å². The first kappa shape index (κ1) is 18.7. The number of hydrogen-bond acceptors (Lipinski definition) is 2. The second kappa shape index (κ2) is 9.03. The van der Waals surface area contributed by atoms with Crippen molar-refractivity contribution in [2.24, 2.45) is 4.99 Å². The first-order chi connectivity index (χ1) is 12.6. The number of rotatable bonds is 4. The number of aromatic hydroxyl groups is 1. The molecule has 0 unspecified atom stereocenters. The van der Waals surface area contributed by atoms with Crippen LogP contribution >= 0.6 is 15.9 Å². The molecule has 6 heteroatoms. The number of nitrogens with one attached hydrogen (secondary N) is 2. The van der Waals surface area contributed by atoms with Crippen LogP contribution in [0.15, 0.2) is 51.9 Å². The Kier molecular flexibility index (Phi) is 6.50. The third-order valence-electron chi connectivity index (χ3n) is 4.49. The maximum atomic E-state index is 14.0. The van der Waals surface area contributed by atoms with Crippen molar-refractivity contribution in [3.63, 3.8) is 0 Å². The molecule has 0 aromatic heterocycles. The Morgan fingerprint density at radius 3 is 2.58 bits per heavy atom. The van der Waals surface area contributed by atoms with Crippen LogP contribution in [0.5, 0.6) is 5.75 Å². The molecule has 2 aromatic carbocycles. The lowest BCUT2D eigenvalue weighted by Crippen LogP contribution is -2.40. The van der Waals surface area contributed by atoms with Gasteiger partial charge in [0.05, 0.1) is 6.54 Å². The summed E-state index contributed by atoms with van der Waals surface area (Å²) in [7, 11) is 0. The predicted octanol–water partition coefficient (Wildman–Crippen LogP) is 5.18. The Morgan fingerprint density at radius 1 is 1.12 bits per heavy atom. The number of phenols is 1. The zero-order valence-corrected chi connectivity index (χ0v) is 16.1. The van der Waals surface area contributed by atoms with Crippen LogP contribution in [-0.2, 0) is 6.54 Å². The molecule has 138 valence electrons. The summed E-state index contributed by atoms with van der Waals surface area (Å²) in [6.45, 7) is 0.241. The van der Waals surface area contributed by atoms with E-state index in [1.54, 1.807) is 36.4 Å². The molecule has 1 saturated carbocycles. The van der Waals surface area contributed by atoms with Gasteiger partial charge in [-0.1, -0.05) is 35.2 Å². The van der Waals surface area contributed by atoms with Gasteiger partial charge in [0.1, 0.15) is 11.6 Å². The second-order valence-electron chi connectivity index (χ2n) is 6.55. The van der Waals surface area contributed by atoms with E-state index in [4.69, 9.17) is 0 Å². The summed E-state index contributed by atoms with van der Waals surface area (Å²) in [4.78, 5) is 4.58. The molecule has 0 radical (unpaired) electrons. The Balaban J connectivity index is 1.76. The average Bonchev–Trinajstić information content (AvgIpc) is 2.65. The van der Waals surface area contributed by atoms with Crippen molar-refractivity contribution in [1.82, 2.24) is 5.32 Å². The van der Waals surface area contributed by atoms with Crippen LogP contribution < -0.4 is 10.6 Å². The predicted molar refractivity (Wildman–Crippen MR) is 107 cm³/mol. The second-order valence-corrected chi connectivity index (χ2v) is 7.47. The Morgan fingerprint density at radius 2 is 1.85 bits per heavy atom. The molecule has 2 aromatic rings. The third-order valence-corrected chi connectivity index (χ3v) is 4.98. The van der Waals surface area contributed by atoms with E-state index >= 15 is 0 Å². The molecule has 0 atom stereocenters. The number of nitrogens with zero attached hydrogens (tertiary/aromatic N) is 1. The van der Waals surface area contributed by atoms with Gasteiger partial charge in [0.2, 0.25) is 0 Å². The maximum absolute atomic E-state index is 14.0. The maximum Gasteiger partial charge on any atom is 0.196 e. The van der Waals surface area contributed by atoms with E-state index in [9.17, 15) is 9.50 Å². The fourth-order valence-corrected chi connectivity index (χ4v) is 3.48. The molecule has 0 saturated heterocycles. The summed E-state index contributed by atoms with van der Waals surface area (Å²) >= 11 is 3.37. The van der Waals surface area contributed by atoms with Gasteiger partial charge in [-0.25, -0.2) is 9.38 Å². The standard InChI is InChI=1S/C20H23BrFN3O/c21-15-6-11-19(22)14(12-15)13-23-20(24-16-4-2-1-3-5-16)25-17-7-9-18(26)10-8-17/h6-12,16,26H,1-5,13H2,(H2,23,24,25). The van der Waals surface area contributed by atoms with Crippen molar-refractivity contribution >= 4 is 27.6 Å². The molecule has 1 aliphatic rings. The Labute approximate surface area is 161 Å². The van der Waals surface area contributed by atoms with Gasteiger partial charge in [0, 0.05) is 21.8 Å². The molecule has 1 aliphatic carbocycles. The lowest BCUT2D eigenvalue weighted by molar-refractivity contribution is 0.413. The number of guanidine groups is 1. The van der Waals surface area contributed by atoms with Gasteiger partial charge in [-0.3, -0.25) is 0 Å². The number of aliphatic imine (C=N–C) groups is 1. The van der Waals surface area contributed by atoms with Crippen molar-refractivity contribution in [2.45, 2.75) is 44.7 Å². The fraction of sp³-hybridized carbons (Fsp3) is 0.350. The van der Waals surface area contributed by atoms with Crippen LogP contribution in [0.25, 0.3) is 0 Å². The average molecular weight is 420 g/mol. The highest BCUT2D eigenvalue weighted by atomic mass is 79.9. The van der Waals surface area contributed by atoms with Crippen molar-refractivity contribution < 1.29 is 9.50 Å². The molecule has 3 N–H and O–H groups in total. The molecular weight excluding hydrogens is 397 g/mol. The zero-order valence-electron chi connectivity index (χ0n) is 14.5. The molecule has 3 rings (SSSR count). The first-order valence-corrected chi connectivity index (χ1v) is 9.70. The van der Waals surface area contributed by atoms with E-state index in [-0.39, 0.29) is 18.1 Å². The summed E-state index contributed by atoms with van der Waals surface area (Å²) in [6, 6.07) is 12.1. The van der Waals surface area contributed by atoms with E-state index in [0.29, 0.717) is 17.6 Å². The summed E-state index contributed by atoms with van der Waals surface area (Å²) in [6.07, 6.45) is 5.93. The third kappa shape index (κ3) is 5.46. The van der Waals surface area contributed by atoms with E-state index in [1.807, 2.05) is 0 Å². The van der Waals surface area contributed by atoms with Crippen molar-refractivity contribution in [2.75, 3.05) is 5.32 Å². The summed E-state index contributed by atoms with van der Waals surface area (Å²) in [5.74, 6) is 0.575. The van der Waals surface area contributed by atoms with Gasteiger partial charge < -0.3 is 15.7 Å². The minimum absolute atomic E-state index is 0.213. The topological polar surface area (TPSA) is 56.6 Å². The van der Waals surface area contributed by atoms with Crippen LogP contribution in [0.2, 0.25) is 0 Å². The lowest BCUT2D eigenvalue weighted by atomic mass is 9.96. The number of phenolic OH excluding ortho intramolecular Hbond substituents is 1. The number of halogens is 2. The monoisotopic (exact) mass is 419 g/mol. The fourth-order valence-electron chi connectivity index (χ4n) is 3.07. The smallest absolute Gasteiger partial charge is 0.196 e. The van der Waals surface area contributed by atoms with Gasteiger partial charge >= 0.3 is 0 Å². The largest absolute Gasteiger partial charge is 0.508 e. The van der Waals surface area contributed by atoms with Crippen LogP contribution in [0.3, 0.4) is 0 Å². The van der Waals surface area contributed by atoms with Gasteiger partial charge in [-0.05, 0) is 55.3 Å². The SMILES string of the molecule is Oc1ccc(NC(=NCc2cc(Br)ccc2F)NC2CCCCC2)cc1. The molecule has 0 heterocycles. The van der Waals surface area contributed by atoms with Crippen molar-refractivity contribution in [3.05, 3.63) is 58.3 Å². The van der Waals surface area contributed by atoms with Crippen molar-refractivity contribution in [1.29, 1.82) is 0 Å². The highest BCUT2D eigenvalue weighted by Gasteiger charge is 2.15. The zero-order chi connectivity index (χ0) is 18.4. The van der Waals surface area contributed by atoms with Gasteiger partial charge in [-0.2, -0.15) is 0 Å². The Hall–Kier alpha value is -2.08. The first-order valence-electron chi connectivity index (χ1n) is 8.91. The molecule has 1 fully saturated rings. The molecule has 0 aliphatic heterocycles. The number of anilines is 1. The van der Waals surface area contributed by atoms with Gasteiger partial charge in [0.15, 0.2) is 5.96 Å². The van der Waals surface area contributed by atoms with Crippen LogP contribution in [-0.4, -0.2) is 17.1 Å². The van der Waals surface area contributed by atoms with Gasteiger partial charge in [0.25, 0.3) is 0 Å². The van der Waals surface area contributed by atoms with Gasteiger partial charge in [-0.15, -0.1) is 0 Å². The molecule has 0 spiro atoms. The highest BCUT2D eigenvalue weighted by Crippen LogP contribution is 2.19. The quantitative estimate of drug-likeness (QED) is 0.363. The van der Waals surface area contributed by atoms with E-state index in [0.717, 1.165) is 23.0 Å².